The molecule has 8 nitrogen and oxygen atoms in total. The molecule has 8 heteroatoms. The van der Waals surface area contributed by atoms with Crippen molar-refractivity contribution in [2.24, 2.45) is 10.6 Å². The maximum Gasteiger partial charge on any atom is 0.248 e. The van der Waals surface area contributed by atoms with E-state index < -0.39 is 0 Å². The van der Waals surface area contributed by atoms with E-state index in [1.54, 1.807) is 60.7 Å². The number of benzene rings is 2. The molecule has 0 radical (unpaired) electrons. The van der Waals surface area contributed by atoms with Gasteiger partial charge in [-0.1, -0.05) is 36.4 Å². The van der Waals surface area contributed by atoms with Crippen LogP contribution >= 0.6 is 0 Å². The van der Waals surface area contributed by atoms with E-state index in [9.17, 15) is 10.4 Å². The molecule has 0 aliphatic rings. The van der Waals surface area contributed by atoms with E-state index in [4.69, 9.17) is 9.68 Å². The maximum absolute atomic E-state index is 11.5. The molecule has 0 spiro atoms. The quantitative estimate of drug-likeness (QED) is 0.339. The number of hydrogen-bond donors (Lipinski definition) is 0. The Morgan fingerprint density at radius 3 is 1.41 bits per heavy atom. The summed E-state index contributed by atoms with van der Waals surface area (Å²) in [6, 6.07) is 16.8. The summed E-state index contributed by atoms with van der Waals surface area (Å²) in [6.45, 7) is -0.0323. The second-order valence-electron chi connectivity index (χ2n) is 4.05. The van der Waals surface area contributed by atoms with Crippen molar-refractivity contribution in [3.63, 3.8) is 0 Å². The van der Waals surface area contributed by atoms with E-state index in [0.717, 1.165) is 0 Å². The first-order valence-electron chi connectivity index (χ1n) is 6.48. The highest BCUT2D eigenvalue weighted by molar-refractivity contribution is 5.28. The molecule has 0 aliphatic heterocycles. The number of rotatable bonds is 7. The van der Waals surface area contributed by atoms with E-state index in [0.29, 0.717) is 21.1 Å². The van der Waals surface area contributed by atoms with Gasteiger partial charge in [0, 0.05) is 24.3 Å². The summed E-state index contributed by atoms with van der Waals surface area (Å²) < 4.78 is 0. The van der Waals surface area contributed by atoms with Gasteiger partial charge < -0.3 is 20.1 Å². The summed E-state index contributed by atoms with van der Waals surface area (Å²) in [5.41, 5.74) is 0.700. The third kappa shape index (κ3) is 4.75. The molecule has 0 saturated carbocycles. The Kier molecular flexibility index (Phi) is 5.68. The molecule has 0 N–H and O–H groups in total. The Hall–Kier alpha value is -3.16. The van der Waals surface area contributed by atoms with Crippen LogP contribution < -0.4 is 0 Å². The lowest BCUT2D eigenvalue weighted by Crippen LogP contribution is -2.02. The Balaban J connectivity index is 1.71. The molecule has 0 bridgehead atoms. The number of para-hydroxylation sites is 2. The minimum Gasteiger partial charge on any atom is -0.592 e. The monoisotopic (exact) mass is 302 g/mol. The second kappa shape index (κ2) is 8.20. The van der Waals surface area contributed by atoms with Crippen LogP contribution in [0.5, 0.6) is 0 Å². The Labute approximate surface area is 126 Å². The largest absolute Gasteiger partial charge is 0.592 e. The summed E-state index contributed by atoms with van der Waals surface area (Å²) in [6.07, 6.45) is 0. The molecular formula is C14H14N4O4. The molecule has 0 amide bonds. The highest BCUT2D eigenvalue weighted by atomic mass is 16.7. The SMILES string of the molecule is [O-][N+](=NOCCON=[N+]([O-])c1ccccc1)c1ccccc1. The smallest absolute Gasteiger partial charge is 0.248 e. The normalized spacial score (nSPS) is 12.0. The molecule has 2 aromatic rings. The van der Waals surface area contributed by atoms with Gasteiger partial charge in [0.1, 0.15) is 0 Å². The maximum atomic E-state index is 11.5. The molecule has 0 aliphatic carbocycles. The third-order valence-corrected chi connectivity index (χ3v) is 2.48. The van der Waals surface area contributed by atoms with Gasteiger partial charge in [-0.05, 0) is 9.72 Å². The Bertz CT molecular complexity index is 574. The average Bonchev–Trinajstić information content (AvgIpc) is 2.59. The molecule has 0 aromatic heterocycles. The first kappa shape index (κ1) is 15.2. The van der Waals surface area contributed by atoms with Crippen molar-refractivity contribution in [3.05, 3.63) is 71.1 Å². The Morgan fingerprint density at radius 2 is 1.05 bits per heavy atom. The lowest BCUT2D eigenvalue weighted by molar-refractivity contribution is -0.485. The zero-order chi connectivity index (χ0) is 15.6. The van der Waals surface area contributed by atoms with Crippen LogP contribution in [0, 0.1) is 10.4 Å². The summed E-state index contributed by atoms with van der Waals surface area (Å²) in [7, 11) is 0. The lowest BCUT2D eigenvalue weighted by Gasteiger charge is -2.00. The number of hydrogen-bond acceptors (Lipinski definition) is 6. The first-order chi connectivity index (χ1) is 10.8. The van der Waals surface area contributed by atoms with Crippen molar-refractivity contribution in [2.75, 3.05) is 13.2 Å². The molecule has 0 saturated heterocycles. The fourth-order valence-electron chi connectivity index (χ4n) is 1.47. The molecule has 0 unspecified atom stereocenters. The van der Waals surface area contributed by atoms with Crippen molar-refractivity contribution < 1.29 is 19.4 Å². The van der Waals surface area contributed by atoms with Gasteiger partial charge in [-0.25, -0.2) is 0 Å². The third-order valence-electron chi connectivity index (χ3n) is 2.48. The molecule has 114 valence electrons. The molecule has 2 aromatic carbocycles. The average molecular weight is 302 g/mol. The van der Waals surface area contributed by atoms with Gasteiger partial charge in [0.15, 0.2) is 13.2 Å². The van der Waals surface area contributed by atoms with Gasteiger partial charge in [-0.15, -0.1) is 0 Å². The predicted molar refractivity (Wildman–Crippen MR) is 76.2 cm³/mol. The van der Waals surface area contributed by atoms with Gasteiger partial charge in [-0.2, -0.15) is 0 Å². The van der Waals surface area contributed by atoms with Crippen LogP contribution in [0.1, 0.15) is 0 Å². The lowest BCUT2D eigenvalue weighted by atomic mass is 10.3. The summed E-state index contributed by atoms with van der Waals surface area (Å²) in [4.78, 5) is 10.2. The fraction of sp³-hybridized carbons (Fsp3) is 0.143. The summed E-state index contributed by atoms with van der Waals surface area (Å²) in [5.74, 6) is 0. The molecule has 2 rings (SSSR count). The van der Waals surface area contributed by atoms with Crippen molar-refractivity contribution in [1.29, 1.82) is 0 Å². The molecular weight excluding hydrogens is 288 g/mol. The van der Waals surface area contributed by atoms with Crippen LogP contribution in [0.3, 0.4) is 0 Å². The highest BCUT2D eigenvalue weighted by Crippen LogP contribution is 2.10. The zero-order valence-electron chi connectivity index (χ0n) is 11.6. The highest BCUT2D eigenvalue weighted by Gasteiger charge is 2.03. The van der Waals surface area contributed by atoms with Crippen LogP contribution in [0.15, 0.2) is 71.2 Å². The van der Waals surface area contributed by atoms with Gasteiger partial charge in [0.25, 0.3) is 0 Å². The number of nitrogens with zero attached hydrogens (tertiary/aromatic N) is 4. The zero-order valence-corrected chi connectivity index (χ0v) is 11.6. The van der Waals surface area contributed by atoms with Crippen molar-refractivity contribution in [2.45, 2.75) is 0 Å². The van der Waals surface area contributed by atoms with Crippen LogP contribution in [0.2, 0.25) is 0 Å². The summed E-state index contributed by atoms with van der Waals surface area (Å²) in [5, 5.41) is 29.6. The van der Waals surface area contributed by atoms with Crippen LogP contribution in [-0.2, 0) is 9.68 Å². The predicted octanol–water partition coefficient (Wildman–Crippen LogP) is 3.44. The van der Waals surface area contributed by atoms with Crippen LogP contribution in [-0.4, -0.2) is 22.9 Å². The summed E-state index contributed by atoms with van der Waals surface area (Å²) >= 11 is 0. The van der Waals surface area contributed by atoms with Crippen molar-refractivity contribution in [3.8, 4) is 0 Å². The molecule has 0 atom stereocenters. The van der Waals surface area contributed by atoms with E-state index in [-0.39, 0.29) is 13.2 Å². The standard InChI is InChI=1S/C14H14N4O4/c19-17(13-7-3-1-4-8-13)15-21-11-12-22-16-18(20)14-9-5-2-6-10-14/h1-10H,11-12H2. The van der Waals surface area contributed by atoms with Gasteiger partial charge in [0.2, 0.25) is 21.9 Å². The van der Waals surface area contributed by atoms with E-state index >= 15 is 0 Å². The van der Waals surface area contributed by atoms with Crippen LogP contribution in [0.4, 0.5) is 11.4 Å². The van der Waals surface area contributed by atoms with E-state index in [1.165, 1.54) is 0 Å². The van der Waals surface area contributed by atoms with Gasteiger partial charge in [-0.3, -0.25) is 0 Å². The van der Waals surface area contributed by atoms with Gasteiger partial charge >= 0.3 is 0 Å². The van der Waals surface area contributed by atoms with Crippen molar-refractivity contribution >= 4 is 11.4 Å². The molecule has 0 fully saturated rings. The second-order valence-corrected chi connectivity index (χ2v) is 4.05. The topological polar surface area (TPSA) is 95.3 Å². The Morgan fingerprint density at radius 1 is 0.682 bits per heavy atom. The minimum absolute atomic E-state index is 0.0162. The van der Waals surface area contributed by atoms with Crippen LogP contribution in [0.25, 0.3) is 0 Å². The molecule has 22 heavy (non-hydrogen) atoms. The van der Waals surface area contributed by atoms with E-state index in [1.807, 2.05) is 0 Å². The first-order valence-corrected chi connectivity index (χ1v) is 6.48. The molecule has 0 heterocycles. The fourth-order valence-corrected chi connectivity index (χ4v) is 1.47. The minimum atomic E-state index is -0.0162. The van der Waals surface area contributed by atoms with Gasteiger partial charge in [0.05, 0.1) is 0 Å². The van der Waals surface area contributed by atoms with E-state index in [2.05, 4.69) is 10.6 Å². The van der Waals surface area contributed by atoms with Crippen molar-refractivity contribution in [1.82, 2.24) is 0 Å².